The van der Waals surface area contributed by atoms with Crippen molar-refractivity contribution in [1.82, 2.24) is 0 Å². The van der Waals surface area contributed by atoms with Crippen molar-refractivity contribution in [3.8, 4) is 0 Å². The molecule has 0 aromatic heterocycles. The summed E-state index contributed by atoms with van der Waals surface area (Å²) in [6, 6.07) is 0. The third-order valence-electron chi connectivity index (χ3n) is 7.34. The van der Waals surface area contributed by atoms with Gasteiger partial charge in [-0.05, 0) is 49.1 Å². The van der Waals surface area contributed by atoms with Gasteiger partial charge in [-0.2, -0.15) is 0 Å². The number of hydrogen-bond donors (Lipinski definition) is 1. The highest BCUT2D eigenvalue weighted by atomic mass is 28.4. The molecule has 1 saturated heterocycles. The Morgan fingerprint density at radius 1 is 1.03 bits per heavy atom. The van der Waals surface area contributed by atoms with E-state index in [4.69, 9.17) is 13.6 Å². The summed E-state index contributed by atoms with van der Waals surface area (Å²) in [4.78, 5) is 11.5. The Morgan fingerprint density at radius 2 is 1.55 bits per heavy atom. The quantitative estimate of drug-likeness (QED) is 0.238. The lowest BCUT2D eigenvalue weighted by molar-refractivity contribution is -0.145. The third-order valence-corrected chi connectivity index (χ3v) is 16.4. The molecule has 1 aliphatic rings. The Morgan fingerprint density at radius 3 is 2.00 bits per heavy atom. The van der Waals surface area contributed by atoms with Crippen molar-refractivity contribution in [2.75, 3.05) is 6.61 Å². The van der Waals surface area contributed by atoms with Crippen LogP contribution in [0.1, 0.15) is 67.7 Å². The second-order valence-electron chi connectivity index (χ2n) is 12.2. The Bertz CT molecular complexity index is 616. The molecule has 1 fully saturated rings. The van der Waals surface area contributed by atoms with Crippen LogP contribution in [-0.4, -0.2) is 52.6 Å². The molecule has 0 spiro atoms. The maximum absolute atomic E-state index is 11.5. The minimum absolute atomic E-state index is 0.00774. The van der Waals surface area contributed by atoms with Crippen molar-refractivity contribution >= 4 is 22.6 Å². The van der Waals surface area contributed by atoms with Crippen LogP contribution in [0.4, 0.5) is 0 Å². The van der Waals surface area contributed by atoms with E-state index in [1.807, 2.05) is 13.0 Å². The molecule has 0 aliphatic carbocycles. The first-order valence-electron chi connectivity index (χ1n) is 11.7. The van der Waals surface area contributed by atoms with Crippen LogP contribution in [0.2, 0.25) is 36.3 Å². The Balaban J connectivity index is 2.77. The maximum Gasteiger partial charge on any atom is 0.306 e. The van der Waals surface area contributed by atoms with Crippen molar-refractivity contribution in [1.29, 1.82) is 0 Å². The molecule has 0 bridgehead atoms. The van der Waals surface area contributed by atoms with Gasteiger partial charge in [0.25, 0.3) is 0 Å². The summed E-state index contributed by atoms with van der Waals surface area (Å²) in [5.74, 6) is -0.158. The van der Waals surface area contributed by atoms with E-state index in [2.05, 4.69) is 73.8 Å². The number of ether oxygens (including phenoxy) is 1. The van der Waals surface area contributed by atoms with E-state index in [-0.39, 0.29) is 28.1 Å². The van der Waals surface area contributed by atoms with Gasteiger partial charge in [-0.15, -0.1) is 0 Å². The molecule has 7 heteroatoms. The molecule has 182 valence electrons. The molecule has 0 aromatic carbocycles. The van der Waals surface area contributed by atoms with E-state index in [1.54, 1.807) is 0 Å². The van der Waals surface area contributed by atoms with Crippen LogP contribution in [0.15, 0.2) is 12.2 Å². The highest BCUT2D eigenvalue weighted by Gasteiger charge is 2.41. The average Bonchev–Trinajstić information content (AvgIpc) is 2.92. The molecule has 1 aliphatic heterocycles. The molecule has 1 N–H and O–H groups in total. The highest BCUT2D eigenvalue weighted by Crippen LogP contribution is 2.39. The molecular formula is C24H48O5Si2. The van der Waals surface area contributed by atoms with Crippen molar-refractivity contribution in [2.24, 2.45) is 5.92 Å². The van der Waals surface area contributed by atoms with Crippen LogP contribution in [-0.2, 0) is 18.4 Å². The smallest absolute Gasteiger partial charge is 0.306 e. The summed E-state index contributed by atoms with van der Waals surface area (Å²) in [7, 11) is -3.80. The molecule has 1 rings (SSSR count). The van der Waals surface area contributed by atoms with E-state index >= 15 is 0 Å². The number of aliphatic hydroxyl groups is 1. The fourth-order valence-corrected chi connectivity index (χ4v) is 5.42. The third kappa shape index (κ3) is 8.43. The van der Waals surface area contributed by atoms with Gasteiger partial charge < -0.3 is 18.7 Å². The highest BCUT2D eigenvalue weighted by molar-refractivity contribution is 6.74. The Hall–Kier alpha value is -0.476. The fraction of sp³-hybridized carbons (Fsp3) is 0.875. The summed E-state index contributed by atoms with van der Waals surface area (Å²) in [6.07, 6.45) is 4.59. The Kier molecular flexibility index (Phi) is 9.80. The topological polar surface area (TPSA) is 65.0 Å². The zero-order valence-electron chi connectivity index (χ0n) is 21.9. The molecule has 5 nitrogen and oxygen atoms in total. The second-order valence-corrected chi connectivity index (χ2v) is 21.8. The first-order chi connectivity index (χ1) is 13.9. The van der Waals surface area contributed by atoms with E-state index in [1.165, 1.54) is 0 Å². The lowest BCUT2D eigenvalue weighted by Crippen LogP contribution is -2.47. The summed E-state index contributed by atoms with van der Waals surface area (Å²) in [5, 5.41) is 10.7. The summed E-state index contributed by atoms with van der Waals surface area (Å²) >= 11 is 0. The molecule has 0 aromatic rings. The van der Waals surface area contributed by atoms with Gasteiger partial charge in [-0.1, -0.05) is 60.6 Å². The fourth-order valence-electron chi connectivity index (χ4n) is 3.03. The normalized spacial score (nSPS) is 23.3. The van der Waals surface area contributed by atoms with Crippen molar-refractivity contribution in [3.05, 3.63) is 12.2 Å². The lowest BCUT2D eigenvalue weighted by Gasteiger charge is -2.41. The number of carbonyl (C=O) groups excluding carboxylic acids is 1. The second kappa shape index (κ2) is 10.6. The molecule has 1 heterocycles. The van der Waals surface area contributed by atoms with Gasteiger partial charge in [0.2, 0.25) is 0 Å². The SMILES string of the molecule is C[C@H]1CC(=O)O[C@@H]1[C@@H](O)C/C=C\C[C@H](CO[Si](C)(C)C(C)(C)C)O[Si](C)(C)C(C)(C)C. The number of rotatable bonds is 10. The van der Waals surface area contributed by atoms with Crippen molar-refractivity contribution in [3.63, 3.8) is 0 Å². The van der Waals surface area contributed by atoms with E-state index in [9.17, 15) is 9.90 Å². The maximum atomic E-state index is 11.5. The van der Waals surface area contributed by atoms with Gasteiger partial charge in [-0.3, -0.25) is 4.79 Å². The summed E-state index contributed by atoms with van der Waals surface area (Å²) < 4.78 is 18.5. The van der Waals surface area contributed by atoms with Gasteiger partial charge in [0.05, 0.1) is 25.2 Å². The number of cyclic esters (lactones) is 1. The number of carbonyl (C=O) groups is 1. The minimum Gasteiger partial charge on any atom is -0.459 e. The van der Waals surface area contributed by atoms with E-state index in [0.717, 1.165) is 6.42 Å². The number of aliphatic hydroxyl groups excluding tert-OH is 1. The predicted molar refractivity (Wildman–Crippen MR) is 133 cm³/mol. The summed E-state index contributed by atoms with van der Waals surface area (Å²) in [6.45, 7) is 25.1. The van der Waals surface area contributed by atoms with Crippen LogP contribution in [0.5, 0.6) is 0 Å². The van der Waals surface area contributed by atoms with Crippen LogP contribution in [0.3, 0.4) is 0 Å². The zero-order valence-corrected chi connectivity index (χ0v) is 23.9. The summed E-state index contributed by atoms with van der Waals surface area (Å²) in [5.41, 5.74) is 0. The zero-order chi connectivity index (χ0) is 24.3. The molecule has 4 atom stereocenters. The molecular weight excluding hydrogens is 424 g/mol. The van der Waals surface area contributed by atoms with Gasteiger partial charge in [-0.25, -0.2) is 0 Å². The standard InChI is InChI=1S/C24H48O5Si2/c1-18-16-21(26)28-22(18)20(25)15-13-12-14-19(29-31(10,11)24(5,6)7)17-27-30(8,9)23(2,3)4/h12-13,18-20,22,25H,14-17H2,1-11H3/b13-12-/t18-,19+,20-,22-/m0/s1. The average molecular weight is 473 g/mol. The van der Waals surface area contributed by atoms with Crippen LogP contribution in [0, 0.1) is 5.92 Å². The molecule has 0 radical (unpaired) electrons. The van der Waals surface area contributed by atoms with Crippen LogP contribution < -0.4 is 0 Å². The predicted octanol–water partition coefficient (Wildman–Crippen LogP) is 6.05. The van der Waals surface area contributed by atoms with Crippen molar-refractivity contribution in [2.45, 2.75) is 122 Å². The van der Waals surface area contributed by atoms with E-state index in [0.29, 0.717) is 19.4 Å². The van der Waals surface area contributed by atoms with Gasteiger partial charge in [0, 0.05) is 5.92 Å². The molecule has 0 amide bonds. The minimum atomic E-state index is -1.94. The molecule has 31 heavy (non-hydrogen) atoms. The molecule has 0 unspecified atom stereocenters. The number of hydrogen-bond acceptors (Lipinski definition) is 5. The lowest BCUT2D eigenvalue weighted by atomic mass is 9.97. The van der Waals surface area contributed by atoms with E-state index < -0.39 is 28.8 Å². The first-order valence-corrected chi connectivity index (χ1v) is 17.5. The monoisotopic (exact) mass is 472 g/mol. The van der Waals surface area contributed by atoms with Gasteiger partial charge in [0.1, 0.15) is 6.10 Å². The van der Waals surface area contributed by atoms with Crippen molar-refractivity contribution < 1.29 is 23.5 Å². The molecule has 0 saturated carbocycles. The first kappa shape index (κ1) is 28.6. The Labute approximate surface area is 193 Å². The largest absolute Gasteiger partial charge is 0.459 e. The number of esters is 1. The van der Waals surface area contributed by atoms with Gasteiger partial charge in [0.15, 0.2) is 16.6 Å². The van der Waals surface area contributed by atoms with Crippen LogP contribution >= 0.6 is 0 Å². The van der Waals surface area contributed by atoms with Crippen LogP contribution in [0.25, 0.3) is 0 Å². The van der Waals surface area contributed by atoms with Gasteiger partial charge >= 0.3 is 5.97 Å².